The molecule has 0 spiro atoms. The molecule has 2 aromatic carbocycles. The number of para-hydroxylation sites is 1. The monoisotopic (exact) mass is 342 g/mol. The third-order valence-electron chi connectivity index (χ3n) is 3.52. The Kier molecular flexibility index (Phi) is 4.82. The van der Waals surface area contributed by atoms with E-state index in [1.807, 2.05) is 42.5 Å². The van der Waals surface area contributed by atoms with Crippen LogP contribution in [0.2, 0.25) is 5.02 Å². The molecule has 24 heavy (non-hydrogen) atoms. The molecule has 0 aliphatic heterocycles. The van der Waals surface area contributed by atoms with Gasteiger partial charge in [-0.3, -0.25) is 4.79 Å². The highest BCUT2D eigenvalue weighted by molar-refractivity contribution is 6.31. The highest BCUT2D eigenvalue weighted by Gasteiger charge is 2.13. The maximum absolute atomic E-state index is 12.0. The fourth-order valence-electron chi connectivity index (χ4n) is 2.28. The summed E-state index contributed by atoms with van der Waals surface area (Å²) in [6.45, 7) is -0.0684. The summed E-state index contributed by atoms with van der Waals surface area (Å²) in [6.07, 6.45) is 0. The predicted octanol–water partition coefficient (Wildman–Crippen LogP) is 3.29. The summed E-state index contributed by atoms with van der Waals surface area (Å²) in [7, 11) is 0. The number of nitrogens with one attached hydrogen (secondary N) is 2. The molecule has 2 N–H and O–H groups in total. The highest BCUT2D eigenvalue weighted by atomic mass is 35.5. The summed E-state index contributed by atoms with van der Waals surface area (Å²) in [5.74, 6) is -0.960. The lowest BCUT2D eigenvalue weighted by Gasteiger charge is -2.07. The second-order valence-corrected chi connectivity index (χ2v) is 5.62. The molecular formula is C18H15ClN2O3. The largest absolute Gasteiger partial charge is 0.451 e. The van der Waals surface area contributed by atoms with Crippen molar-refractivity contribution < 1.29 is 14.3 Å². The minimum atomic E-state index is -0.570. The lowest BCUT2D eigenvalue weighted by molar-refractivity contribution is -0.124. The summed E-state index contributed by atoms with van der Waals surface area (Å²) in [5, 5.41) is 4.15. The fraction of sp³-hybridized carbons (Fsp3) is 0.111. The van der Waals surface area contributed by atoms with Crippen LogP contribution in [-0.2, 0) is 16.1 Å². The summed E-state index contributed by atoms with van der Waals surface area (Å²) < 4.78 is 5.02. The molecule has 6 heteroatoms. The number of carbonyl (C=O) groups is 2. The van der Waals surface area contributed by atoms with E-state index in [0.717, 1.165) is 16.5 Å². The van der Waals surface area contributed by atoms with E-state index in [1.54, 1.807) is 12.1 Å². The Morgan fingerprint density at radius 3 is 2.62 bits per heavy atom. The molecule has 1 amide bonds. The zero-order valence-corrected chi connectivity index (χ0v) is 13.5. The van der Waals surface area contributed by atoms with Crippen LogP contribution in [0.25, 0.3) is 10.9 Å². The van der Waals surface area contributed by atoms with Crippen molar-refractivity contribution >= 4 is 34.4 Å². The molecule has 0 saturated heterocycles. The van der Waals surface area contributed by atoms with Crippen LogP contribution in [0.15, 0.2) is 54.6 Å². The number of H-pyrrole nitrogens is 1. The Bertz CT molecular complexity index is 856. The van der Waals surface area contributed by atoms with E-state index >= 15 is 0 Å². The van der Waals surface area contributed by atoms with Gasteiger partial charge in [-0.05, 0) is 23.8 Å². The van der Waals surface area contributed by atoms with E-state index in [2.05, 4.69) is 10.3 Å². The van der Waals surface area contributed by atoms with E-state index in [9.17, 15) is 9.59 Å². The van der Waals surface area contributed by atoms with Crippen LogP contribution in [0.1, 0.15) is 16.1 Å². The Hall–Kier alpha value is -2.79. The number of carbonyl (C=O) groups excluding carboxylic acids is 2. The van der Waals surface area contributed by atoms with Gasteiger partial charge < -0.3 is 15.0 Å². The first-order valence-corrected chi connectivity index (χ1v) is 7.76. The van der Waals surface area contributed by atoms with Gasteiger partial charge in [0.05, 0.1) is 0 Å². The molecule has 0 fully saturated rings. The van der Waals surface area contributed by atoms with Crippen molar-refractivity contribution in [1.29, 1.82) is 0 Å². The number of benzene rings is 2. The first-order chi connectivity index (χ1) is 11.6. The number of esters is 1. The number of rotatable bonds is 5. The average Bonchev–Trinajstić information content (AvgIpc) is 3.03. The van der Waals surface area contributed by atoms with Gasteiger partial charge in [0.2, 0.25) is 0 Å². The van der Waals surface area contributed by atoms with E-state index in [4.69, 9.17) is 16.3 Å². The van der Waals surface area contributed by atoms with Gasteiger partial charge in [0.15, 0.2) is 6.61 Å². The fourth-order valence-corrected chi connectivity index (χ4v) is 2.48. The summed E-state index contributed by atoms with van der Waals surface area (Å²) in [6, 6.07) is 16.4. The third-order valence-corrected chi connectivity index (χ3v) is 3.89. The van der Waals surface area contributed by atoms with E-state index in [0.29, 0.717) is 10.7 Å². The molecule has 1 heterocycles. The van der Waals surface area contributed by atoms with Gasteiger partial charge in [-0.2, -0.15) is 0 Å². The maximum atomic E-state index is 12.0. The third kappa shape index (κ3) is 3.75. The molecule has 1 aromatic heterocycles. The number of aromatic nitrogens is 1. The van der Waals surface area contributed by atoms with Crippen molar-refractivity contribution in [3.8, 4) is 0 Å². The minimum absolute atomic E-state index is 0.280. The van der Waals surface area contributed by atoms with Crippen molar-refractivity contribution in [2.45, 2.75) is 6.54 Å². The zero-order valence-electron chi connectivity index (χ0n) is 12.7. The molecular weight excluding hydrogens is 328 g/mol. The van der Waals surface area contributed by atoms with Crippen LogP contribution in [0, 0.1) is 0 Å². The summed E-state index contributed by atoms with van der Waals surface area (Å²) in [4.78, 5) is 26.7. The molecule has 122 valence electrons. The quantitative estimate of drug-likeness (QED) is 0.699. The number of aromatic amines is 1. The van der Waals surface area contributed by atoms with Crippen molar-refractivity contribution in [3.05, 3.63) is 70.9 Å². The van der Waals surface area contributed by atoms with Crippen molar-refractivity contribution in [3.63, 3.8) is 0 Å². The van der Waals surface area contributed by atoms with E-state index in [1.165, 1.54) is 0 Å². The van der Waals surface area contributed by atoms with Gasteiger partial charge in [-0.15, -0.1) is 0 Å². The van der Waals surface area contributed by atoms with Gasteiger partial charge in [-0.1, -0.05) is 48.0 Å². The molecule has 5 nitrogen and oxygen atoms in total. The maximum Gasteiger partial charge on any atom is 0.355 e. The second-order valence-electron chi connectivity index (χ2n) is 5.21. The standard InChI is InChI=1S/C18H15ClN2O3/c19-14-7-3-1-6-13(14)10-20-17(22)11-24-18(23)16-9-12-5-2-4-8-15(12)21-16/h1-9,21H,10-11H2,(H,20,22). The van der Waals surface area contributed by atoms with Gasteiger partial charge >= 0.3 is 5.97 Å². The molecule has 0 saturated carbocycles. The molecule has 0 aliphatic carbocycles. The van der Waals surface area contributed by atoms with Gasteiger partial charge in [0, 0.05) is 22.5 Å². The number of fused-ring (bicyclic) bond motifs is 1. The first-order valence-electron chi connectivity index (χ1n) is 7.38. The molecule has 0 atom stereocenters. The van der Waals surface area contributed by atoms with Gasteiger partial charge in [0.1, 0.15) is 5.69 Å². The van der Waals surface area contributed by atoms with Crippen molar-refractivity contribution in [1.82, 2.24) is 10.3 Å². The SMILES string of the molecule is O=C(COC(=O)c1cc2ccccc2[nH]1)NCc1ccccc1Cl. The molecule has 3 rings (SSSR count). The topological polar surface area (TPSA) is 71.2 Å². The molecule has 3 aromatic rings. The van der Waals surface area contributed by atoms with Crippen LogP contribution in [0.3, 0.4) is 0 Å². The van der Waals surface area contributed by atoms with Crippen LogP contribution in [0.4, 0.5) is 0 Å². The second kappa shape index (κ2) is 7.19. The van der Waals surface area contributed by atoms with Crippen LogP contribution in [0.5, 0.6) is 0 Å². The highest BCUT2D eigenvalue weighted by Crippen LogP contribution is 2.15. The van der Waals surface area contributed by atoms with E-state index in [-0.39, 0.29) is 19.1 Å². The molecule has 0 radical (unpaired) electrons. The number of ether oxygens (including phenoxy) is 1. The minimum Gasteiger partial charge on any atom is -0.451 e. The van der Waals surface area contributed by atoms with Crippen molar-refractivity contribution in [2.24, 2.45) is 0 Å². The predicted molar refractivity (Wildman–Crippen MR) is 91.9 cm³/mol. The molecule has 0 unspecified atom stereocenters. The lowest BCUT2D eigenvalue weighted by Crippen LogP contribution is -2.28. The Morgan fingerprint density at radius 1 is 1.08 bits per heavy atom. The Balaban J connectivity index is 1.52. The summed E-state index contributed by atoms with van der Waals surface area (Å²) in [5.41, 5.74) is 1.96. The smallest absolute Gasteiger partial charge is 0.355 e. The van der Waals surface area contributed by atoms with Crippen molar-refractivity contribution in [2.75, 3.05) is 6.61 Å². The van der Waals surface area contributed by atoms with Gasteiger partial charge in [-0.25, -0.2) is 4.79 Å². The van der Waals surface area contributed by atoms with E-state index < -0.39 is 5.97 Å². The Morgan fingerprint density at radius 2 is 1.83 bits per heavy atom. The Labute approximate surface area is 143 Å². The lowest BCUT2D eigenvalue weighted by atomic mass is 10.2. The first kappa shape index (κ1) is 16.1. The van der Waals surface area contributed by atoms with Crippen LogP contribution in [-0.4, -0.2) is 23.5 Å². The number of halogens is 1. The number of hydrogen-bond donors (Lipinski definition) is 2. The number of hydrogen-bond acceptors (Lipinski definition) is 3. The van der Waals surface area contributed by atoms with Gasteiger partial charge in [0.25, 0.3) is 5.91 Å². The molecule has 0 aliphatic rings. The van der Waals surface area contributed by atoms with Crippen LogP contribution < -0.4 is 5.32 Å². The zero-order chi connectivity index (χ0) is 16.9. The summed E-state index contributed by atoms with van der Waals surface area (Å²) >= 11 is 6.01. The normalized spacial score (nSPS) is 10.5. The molecule has 0 bridgehead atoms. The number of amides is 1. The van der Waals surface area contributed by atoms with Crippen LogP contribution >= 0.6 is 11.6 Å². The average molecular weight is 343 g/mol.